The Morgan fingerprint density at radius 3 is 2.43 bits per heavy atom. The Morgan fingerprint density at radius 1 is 1.00 bits per heavy atom. The van der Waals surface area contributed by atoms with Gasteiger partial charge in [0.15, 0.2) is 0 Å². The second kappa shape index (κ2) is 6.14. The third-order valence-corrected chi connectivity index (χ3v) is 4.91. The minimum Gasteiger partial charge on any atom is -0.356 e. The number of piperidine rings is 1. The summed E-state index contributed by atoms with van der Waals surface area (Å²) in [5.41, 5.74) is 1.26. The van der Waals surface area contributed by atoms with E-state index in [9.17, 15) is 0 Å². The highest BCUT2D eigenvalue weighted by atomic mass is 15.3. The van der Waals surface area contributed by atoms with Crippen molar-refractivity contribution in [2.45, 2.75) is 44.7 Å². The number of aromatic nitrogens is 3. The van der Waals surface area contributed by atoms with Crippen molar-refractivity contribution < 1.29 is 0 Å². The molecule has 0 radical (unpaired) electrons. The van der Waals surface area contributed by atoms with E-state index in [-0.39, 0.29) is 0 Å². The topological polar surface area (TPSA) is 45.2 Å². The van der Waals surface area contributed by atoms with Gasteiger partial charge in [0.2, 0.25) is 0 Å². The lowest BCUT2D eigenvalue weighted by Crippen LogP contribution is -2.46. The number of hydrogen-bond donors (Lipinski definition) is 0. The summed E-state index contributed by atoms with van der Waals surface area (Å²) in [5, 5.41) is 0. The molecule has 1 aliphatic carbocycles. The zero-order chi connectivity index (χ0) is 15.6. The van der Waals surface area contributed by atoms with Crippen LogP contribution in [0.25, 0.3) is 0 Å². The zero-order valence-electron chi connectivity index (χ0n) is 13.6. The number of nitrogens with zero attached hydrogens (tertiary/aromatic N) is 5. The maximum absolute atomic E-state index is 4.57. The number of hydrogen-bond acceptors (Lipinski definition) is 5. The molecule has 5 nitrogen and oxygen atoms in total. The largest absolute Gasteiger partial charge is 0.356 e. The average Bonchev–Trinajstić information content (AvgIpc) is 3.42. The van der Waals surface area contributed by atoms with Gasteiger partial charge in [0, 0.05) is 37.6 Å². The number of rotatable bonds is 4. The van der Waals surface area contributed by atoms with Crippen molar-refractivity contribution in [3.05, 3.63) is 42.5 Å². The van der Waals surface area contributed by atoms with Crippen LogP contribution >= 0.6 is 0 Å². The molecule has 1 aliphatic heterocycles. The molecule has 0 N–H and O–H groups in total. The van der Waals surface area contributed by atoms with Crippen LogP contribution in [-0.4, -0.2) is 40.1 Å². The van der Waals surface area contributed by atoms with E-state index in [1.54, 1.807) is 6.33 Å². The third-order valence-electron chi connectivity index (χ3n) is 4.91. The quantitative estimate of drug-likeness (QED) is 0.869. The van der Waals surface area contributed by atoms with Crippen molar-refractivity contribution >= 4 is 11.6 Å². The second-order valence-electron chi connectivity index (χ2n) is 6.57. The maximum atomic E-state index is 4.57. The molecule has 4 rings (SSSR count). The van der Waals surface area contributed by atoms with Gasteiger partial charge in [-0.1, -0.05) is 6.07 Å². The van der Waals surface area contributed by atoms with Crippen molar-refractivity contribution in [3.8, 4) is 0 Å². The molecule has 5 heteroatoms. The summed E-state index contributed by atoms with van der Waals surface area (Å²) in [6.07, 6.45) is 10.3. The number of pyridine rings is 1. The fourth-order valence-corrected chi connectivity index (χ4v) is 3.63. The predicted molar refractivity (Wildman–Crippen MR) is 91.7 cm³/mol. The van der Waals surface area contributed by atoms with E-state index >= 15 is 0 Å². The number of aryl methyl sites for hydroxylation is 1. The van der Waals surface area contributed by atoms with Gasteiger partial charge in [-0.25, -0.2) is 15.0 Å². The van der Waals surface area contributed by atoms with E-state index in [0.29, 0.717) is 12.1 Å². The Hall–Kier alpha value is -2.17. The minimum atomic E-state index is 0.581. The smallest absolute Gasteiger partial charge is 0.132 e. The normalized spacial score (nSPS) is 18.9. The van der Waals surface area contributed by atoms with Crippen LogP contribution in [0.4, 0.5) is 11.6 Å². The first kappa shape index (κ1) is 14.4. The lowest BCUT2D eigenvalue weighted by molar-refractivity contribution is 0.457. The molecule has 0 unspecified atom stereocenters. The van der Waals surface area contributed by atoms with Gasteiger partial charge in [-0.15, -0.1) is 0 Å². The van der Waals surface area contributed by atoms with E-state index in [1.165, 1.54) is 18.4 Å². The first-order valence-corrected chi connectivity index (χ1v) is 8.54. The van der Waals surface area contributed by atoms with Crippen molar-refractivity contribution in [1.29, 1.82) is 0 Å². The summed E-state index contributed by atoms with van der Waals surface area (Å²) in [4.78, 5) is 18.1. The molecule has 2 aromatic rings. The molecule has 2 fully saturated rings. The Morgan fingerprint density at radius 2 is 1.78 bits per heavy atom. The lowest BCUT2D eigenvalue weighted by Gasteiger charge is -2.40. The van der Waals surface area contributed by atoms with E-state index < -0.39 is 0 Å². The summed E-state index contributed by atoms with van der Waals surface area (Å²) in [5.74, 6) is 2.24. The molecule has 0 aromatic carbocycles. The summed E-state index contributed by atoms with van der Waals surface area (Å²) < 4.78 is 0. The molecule has 1 saturated heterocycles. The van der Waals surface area contributed by atoms with Crippen molar-refractivity contribution in [3.63, 3.8) is 0 Å². The van der Waals surface area contributed by atoms with Crippen LogP contribution in [-0.2, 0) is 0 Å². The fourth-order valence-electron chi connectivity index (χ4n) is 3.63. The van der Waals surface area contributed by atoms with E-state index in [1.807, 2.05) is 24.5 Å². The molecule has 1 saturated carbocycles. The summed E-state index contributed by atoms with van der Waals surface area (Å²) >= 11 is 0. The zero-order valence-corrected chi connectivity index (χ0v) is 13.6. The Labute approximate surface area is 137 Å². The van der Waals surface area contributed by atoms with Crippen LogP contribution < -0.4 is 9.80 Å². The highest BCUT2D eigenvalue weighted by Crippen LogP contribution is 2.35. The average molecular weight is 309 g/mol. The van der Waals surface area contributed by atoms with Gasteiger partial charge in [-0.2, -0.15) is 0 Å². The van der Waals surface area contributed by atoms with Gasteiger partial charge in [-0.3, -0.25) is 0 Å². The molecular weight excluding hydrogens is 286 g/mol. The van der Waals surface area contributed by atoms with Gasteiger partial charge in [0.25, 0.3) is 0 Å². The van der Waals surface area contributed by atoms with Crippen LogP contribution in [0, 0.1) is 6.92 Å². The van der Waals surface area contributed by atoms with Crippen LogP contribution in [0.2, 0.25) is 0 Å². The SMILES string of the molecule is Cc1cccnc1N1CCC(N(c2ccncn2)C2CC2)CC1. The van der Waals surface area contributed by atoms with Crippen molar-refractivity contribution in [1.82, 2.24) is 15.0 Å². The van der Waals surface area contributed by atoms with Gasteiger partial charge in [-0.05, 0) is 50.3 Å². The lowest BCUT2D eigenvalue weighted by atomic mass is 10.0. The Balaban J connectivity index is 1.47. The van der Waals surface area contributed by atoms with Crippen LogP contribution in [0.15, 0.2) is 36.9 Å². The molecule has 2 aromatic heterocycles. The highest BCUT2D eigenvalue weighted by molar-refractivity contribution is 5.47. The highest BCUT2D eigenvalue weighted by Gasteiger charge is 2.36. The first-order valence-electron chi connectivity index (χ1n) is 8.54. The standard InChI is InChI=1S/C18H23N5/c1-14-3-2-9-20-18(14)22-11-7-16(8-12-22)23(15-4-5-15)17-6-10-19-13-21-17/h2-3,6,9-10,13,15-16H,4-5,7-8,11-12H2,1H3. The van der Waals surface area contributed by atoms with E-state index in [4.69, 9.17) is 0 Å². The molecular formula is C18H23N5. The van der Waals surface area contributed by atoms with Crippen LogP contribution in [0.3, 0.4) is 0 Å². The van der Waals surface area contributed by atoms with Crippen molar-refractivity contribution in [2.75, 3.05) is 22.9 Å². The van der Waals surface area contributed by atoms with Gasteiger partial charge in [0.05, 0.1) is 0 Å². The molecule has 3 heterocycles. The molecule has 0 bridgehead atoms. The van der Waals surface area contributed by atoms with E-state index in [2.05, 4.69) is 37.7 Å². The van der Waals surface area contributed by atoms with Gasteiger partial charge >= 0.3 is 0 Å². The molecule has 0 atom stereocenters. The minimum absolute atomic E-state index is 0.581. The molecule has 120 valence electrons. The molecule has 0 amide bonds. The third kappa shape index (κ3) is 3.00. The maximum Gasteiger partial charge on any atom is 0.132 e. The summed E-state index contributed by atoms with van der Waals surface area (Å²) in [7, 11) is 0. The summed E-state index contributed by atoms with van der Waals surface area (Å²) in [6, 6.07) is 7.46. The van der Waals surface area contributed by atoms with E-state index in [0.717, 1.165) is 37.6 Å². The molecule has 23 heavy (non-hydrogen) atoms. The Kier molecular flexibility index (Phi) is 3.85. The molecule has 0 spiro atoms. The van der Waals surface area contributed by atoms with Crippen LogP contribution in [0.1, 0.15) is 31.2 Å². The first-order chi connectivity index (χ1) is 11.3. The van der Waals surface area contributed by atoms with Gasteiger partial charge in [0.1, 0.15) is 18.0 Å². The second-order valence-corrected chi connectivity index (χ2v) is 6.57. The fraction of sp³-hybridized carbons (Fsp3) is 0.500. The predicted octanol–water partition coefficient (Wildman–Crippen LogP) is 2.82. The molecule has 2 aliphatic rings. The summed E-state index contributed by atoms with van der Waals surface area (Å²) in [6.45, 7) is 4.28. The number of anilines is 2. The Bertz CT molecular complexity index is 647. The van der Waals surface area contributed by atoms with Crippen molar-refractivity contribution in [2.24, 2.45) is 0 Å². The van der Waals surface area contributed by atoms with Crippen LogP contribution in [0.5, 0.6) is 0 Å². The van der Waals surface area contributed by atoms with Gasteiger partial charge < -0.3 is 9.80 Å². The monoisotopic (exact) mass is 309 g/mol.